The third kappa shape index (κ3) is 3.18. The highest BCUT2D eigenvalue weighted by atomic mass is 16.3. The smallest absolute Gasteiger partial charge is 0.198 e. The molecule has 6 nitrogen and oxygen atoms in total. The average Bonchev–Trinajstić information content (AvgIpc) is 2.64. The van der Waals surface area contributed by atoms with Gasteiger partial charge in [-0.2, -0.15) is 0 Å². The molecule has 0 unspecified atom stereocenters. The summed E-state index contributed by atoms with van der Waals surface area (Å²) in [6.07, 6.45) is 3.23. The monoisotopic (exact) mass is 195 g/mol. The summed E-state index contributed by atoms with van der Waals surface area (Å²) < 4.78 is 4.89. The van der Waals surface area contributed by atoms with E-state index in [1.54, 1.807) is 19.6 Å². The molecule has 0 radical (unpaired) electrons. The fourth-order valence-corrected chi connectivity index (χ4v) is 0.886. The van der Waals surface area contributed by atoms with Crippen LogP contribution in [0, 0.1) is 5.41 Å². The van der Waals surface area contributed by atoms with Crippen LogP contribution in [0.1, 0.15) is 5.56 Å². The number of nitrogens with two attached hydrogens (primary N) is 1. The van der Waals surface area contributed by atoms with Crippen molar-refractivity contribution in [3.05, 3.63) is 24.2 Å². The van der Waals surface area contributed by atoms with E-state index in [1.165, 1.54) is 0 Å². The fourth-order valence-electron chi connectivity index (χ4n) is 0.886. The number of guanidine groups is 2. The van der Waals surface area contributed by atoms with Crippen molar-refractivity contribution in [2.75, 3.05) is 7.05 Å². The number of aliphatic imine (C=N–C) groups is 1. The summed E-state index contributed by atoms with van der Waals surface area (Å²) in [5, 5.41) is 12.5. The van der Waals surface area contributed by atoms with Crippen molar-refractivity contribution in [2.45, 2.75) is 6.54 Å². The maximum Gasteiger partial charge on any atom is 0.198 e. The summed E-state index contributed by atoms with van der Waals surface area (Å²) in [6.45, 7) is 0.573. The van der Waals surface area contributed by atoms with Gasteiger partial charge in [0.15, 0.2) is 11.9 Å². The Bertz CT molecular complexity index is 316. The Hall–Kier alpha value is -1.98. The van der Waals surface area contributed by atoms with E-state index in [1.807, 2.05) is 6.07 Å². The van der Waals surface area contributed by atoms with Gasteiger partial charge in [-0.15, -0.1) is 0 Å². The van der Waals surface area contributed by atoms with Crippen molar-refractivity contribution >= 4 is 11.9 Å². The largest absolute Gasteiger partial charge is 0.472 e. The lowest BCUT2D eigenvalue weighted by Crippen LogP contribution is -2.43. The molecule has 0 aliphatic heterocycles. The molecule has 0 bridgehead atoms. The van der Waals surface area contributed by atoms with Gasteiger partial charge < -0.3 is 15.5 Å². The number of furan rings is 1. The summed E-state index contributed by atoms with van der Waals surface area (Å²) in [5.74, 6) is 0.309. The molecular formula is C8H13N5O. The standard InChI is InChI=1S/C8H13N5O/c1-11-8(13-7(9)10)12-4-6-2-3-14-5-6/h2-3,5H,4H2,1H3,(H5,9,10,11,12,13). The Morgan fingerprint density at radius 2 is 2.50 bits per heavy atom. The van der Waals surface area contributed by atoms with Crippen LogP contribution in [0.2, 0.25) is 0 Å². The first kappa shape index (κ1) is 10.1. The minimum absolute atomic E-state index is 0.148. The third-order valence-corrected chi connectivity index (χ3v) is 1.52. The molecule has 76 valence electrons. The van der Waals surface area contributed by atoms with Crippen LogP contribution in [-0.2, 0) is 6.54 Å². The van der Waals surface area contributed by atoms with E-state index >= 15 is 0 Å². The molecule has 0 aliphatic rings. The van der Waals surface area contributed by atoms with Crippen LogP contribution in [0.3, 0.4) is 0 Å². The summed E-state index contributed by atoms with van der Waals surface area (Å²) in [6, 6.07) is 1.84. The van der Waals surface area contributed by atoms with Crippen LogP contribution in [-0.4, -0.2) is 19.0 Å². The first-order chi connectivity index (χ1) is 6.72. The van der Waals surface area contributed by atoms with E-state index in [-0.39, 0.29) is 5.96 Å². The van der Waals surface area contributed by atoms with Gasteiger partial charge >= 0.3 is 0 Å². The Morgan fingerprint density at radius 1 is 1.71 bits per heavy atom. The molecule has 0 aliphatic carbocycles. The first-order valence-electron chi connectivity index (χ1n) is 4.05. The Kier molecular flexibility index (Phi) is 3.54. The van der Waals surface area contributed by atoms with Gasteiger partial charge in [0.2, 0.25) is 0 Å². The zero-order valence-electron chi connectivity index (χ0n) is 7.87. The minimum Gasteiger partial charge on any atom is -0.472 e. The van der Waals surface area contributed by atoms with Crippen LogP contribution < -0.4 is 16.4 Å². The lowest BCUT2D eigenvalue weighted by molar-refractivity contribution is 0.563. The summed E-state index contributed by atoms with van der Waals surface area (Å²) in [7, 11) is 1.60. The van der Waals surface area contributed by atoms with Crippen LogP contribution in [0.15, 0.2) is 28.0 Å². The number of nitrogens with one attached hydrogen (secondary N) is 3. The van der Waals surface area contributed by atoms with E-state index in [9.17, 15) is 0 Å². The molecule has 0 fully saturated rings. The molecule has 0 aromatic carbocycles. The molecule has 1 aromatic rings. The summed E-state index contributed by atoms with van der Waals surface area (Å²) in [5.41, 5.74) is 6.15. The molecule has 0 atom stereocenters. The van der Waals surface area contributed by atoms with Crippen LogP contribution >= 0.6 is 0 Å². The average molecular weight is 195 g/mol. The normalized spacial score (nSPS) is 11.1. The molecule has 6 heteroatoms. The molecule has 0 saturated heterocycles. The summed E-state index contributed by atoms with van der Waals surface area (Å²) >= 11 is 0. The van der Waals surface area contributed by atoms with E-state index < -0.39 is 0 Å². The van der Waals surface area contributed by atoms with Crippen molar-refractivity contribution in [3.63, 3.8) is 0 Å². The van der Waals surface area contributed by atoms with Crippen LogP contribution in [0.25, 0.3) is 0 Å². The molecule has 0 spiro atoms. The van der Waals surface area contributed by atoms with E-state index in [2.05, 4.69) is 15.6 Å². The van der Waals surface area contributed by atoms with Crippen molar-refractivity contribution in [1.29, 1.82) is 5.41 Å². The highest BCUT2D eigenvalue weighted by Crippen LogP contribution is 1.97. The maximum absolute atomic E-state index is 7.01. The predicted octanol–water partition coefficient (Wildman–Crippen LogP) is -0.162. The topological polar surface area (TPSA) is 99.4 Å². The highest BCUT2D eigenvalue weighted by molar-refractivity contribution is 5.96. The Balaban J connectivity index is 2.39. The van der Waals surface area contributed by atoms with Crippen molar-refractivity contribution in [1.82, 2.24) is 10.6 Å². The SMILES string of the molecule is C/N=C(/NCc1ccoc1)NC(=N)N. The van der Waals surface area contributed by atoms with Crippen molar-refractivity contribution < 1.29 is 4.42 Å². The molecule has 5 N–H and O–H groups in total. The molecule has 1 rings (SSSR count). The van der Waals surface area contributed by atoms with Gasteiger partial charge in [-0.1, -0.05) is 0 Å². The third-order valence-electron chi connectivity index (χ3n) is 1.52. The highest BCUT2D eigenvalue weighted by Gasteiger charge is 1.99. The van der Waals surface area contributed by atoms with Crippen LogP contribution in [0.4, 0.5) is 0 Å². The first-order valence-corrected chi connectivity index (χ1v) is 4.05. The number of hydrogen-bond donors (Lipinski definition) is 4. The zero-order valence-corrected chi connectivity index (χ0v) is 7.87. The number of rotatable bonds is 2. The van der Waals surface area contributed by atoms with E-state index in [4.69, 9.17) is 15.6 Å². The van der Waals surface area contributed by atoms with Gasteiger partial charge in [0.1, 0.15) is 0 Å². The minimum atomic E-state index is -0.148. The Labute approximate surface area is 81.7 Å². The second-order valence-corrected chi connectivity index (χ2v) is 2.60. The van der Waals surface area contributed by atoms with E-state index in [0.717, 1.165) is 5.56 Å². The Morgan fingerprint density at radius 3 is 3.00 bits per heavy atom. The molecular weight excluding hydrogens is 182 g/mol. The van der Waals surface area contributed by atoms with Gasteiger partial charge in [0, 0.05) is 19.2 Å². The van der Waals surface area contributed by atoms with Crippen molar-refractivity contribution in [2.24, 2.45) is 10.7 Å². The quantitative estimate of drug-likeness (QED) is 0.389. The predicted molar refractivity (Wildman–Crippen MR) is 54.0 cm³/mol. The van der Waals surface area contributed by atoms with Gasteiger partial charge in [-0.05, 0) is 6.07 Å². The molecule has 14 heavy (non-hydrogen) atoms. The fraction of sp³-hybridized carbons (Fsp3) is 0.250. The molecule has 1 heterocycles. The zero-order chi connectivity index (χ0) is 10.4. The lowest BCUT2D eigenvalue weighted by atomic mass is 10.3. The number of hydrogen-bond acceptors (Lipinski definition) is 3. The van der Waals surface area contributed by atoms with Gasteiger partial charge in [-0.25, -0.2) is 0 Å². The summed E-state index contributed by atoms with van der Waals surface area (Å²) in [4.78, 5) is 3.87. The van der Waals surface area contributed by atoms with Gasteiger partial charge in [0.25, 0.3) is 0 Å². The second-order valence-electron chi connectivity index (χ2n) is 2.60. The van der Waals surface area contributed by atoms with Gasteiger partial charge in [0.05, 0.1) is 12.5 Å². The van der Waals surface area contributed by atoms with Gasteiger partial charge in [-0.3, -0.25) is 15.7 Å². The second kappa shape index (κ2) is 4.90. The number of nitrogens with zero attached hydrogens (tertiary/aromatic N) is 1. The molecule has 0 saturated carbocycles. The molecule has 0 amide bonds. The van der Waals surface area contributed by atoms with Crippen LogP contribution in [0.5, 0.6) is 0 Å². The molecule has 1 aromatic heterocycles. The van der Waals surface area contributed by atoms with Crippen molar-refractivity contribution in [3.8, 4) is 0 Å². The lowest BCUT2D eigenvalue weighted by Gasteiger charge is -2.08. The van der Waals surface area contributed by atoms with E-state index in [0.29, 0.717) is 12.5 Å². The maximum atomic E-state index is 7.01.